The highest BCUT2D eigenvalue weighted by molar-refractivity contribution is 7.91. The molecule has 0 saturated heterocycles. The molecule has 1 aromatic heterocycles. The van der Waals surface area contributed by atoms with Crippen LogP contribution in [0.4, 0.5) is 5.69 Å². The lowest BCUT2D eigenvalue weighted by Gasteiger charge is -2.18. The third kappa shape index (κ3) is 2.95. The Morgan fingerprint density at radius 1 is 1.04 bits per heavy atom. The van der Waals surface area contributed by atoms with E-state index in [1.165, 1.54) is 13.2 Å². The Kier molecular flexibility index (Phi) is 4.22. The monoisotopic (exact) mass is 344 g/mol. The van der Waals surface area contributed by atoms with Crippen molar-refractivity contribution in [1.29, 1.82) is 0 Å². The van der Waals surface area contributed by atoms with Crippen molar-refractivity contribution in [1.82, 2.24) is 14.4 Å². The van der Waals surface area contributed by atoms with E-state index in [0.717, 1.165) is 14.0 Å². The highest BCUT2D eigenvalue weighted by Crippen LogP contribution is 2.22. The first-order valence-electron chi connectivity index (χ1n) is 7.13. The van der Waals surface area contributed by atoms with Crippen molar-refractivity contribution in [3.05, 3.63) is 60.8 Å². The zero-order chi connectivity index (χ0) is 17.2. The molecule has 0 fully saturated rings. The van der Waals surface area contributed by atoms with Crippen molar-refractivity contribution < 1.29 is 13.2 Å². The zero-order valence-corrected chi connectivity index (χ0v) is 14.0. The molecule has 0 atom stereocenters. The predicted molar refractivity (Wildman–Crippen MR) is 91.2 cm³/mol. The second-order valence-electron chi connectivity index (χ2n) is 5.02. The van der Waals surface area contributed by atoms with Crippen LogP contribution in [0, 0.1) is 0 Å². The van der Waals surface area contributed by atoms with E-state index in [-0.39, 0.29) is 0 Å². The molecule has 3 aromatic rings. The van der Waals surface area contributed by atoms with Gasteiger partial charge in [-0.1, -0.05) is 35.5 Å². The molecule has 8 heteroatoms. The molecule has 24 heavy (non-hydrogen) atoms. The fraction of sp³-hybridized carbons (Fsp3) is 0.125. The maximum absolute atomic E-state index is 12.7. The summed E-state index contributed by atoms with van der Waals surface area (Å²) < 4.78 is 32.4. The Bertz CT molecular complexity index is 921. The molecule has 1 heterocycles. The molecule has 0 aliphatic carbocycles. The van der Waals surface area contributed by atoms with Gasteiger partial charge in [-0.05, 0) is 24.3 Å². The maximum Gasteiger partial charge on any atom is 0.346 e. The fourth-order valence-corrected chi connectivity index (χ4v) is 3.15. The topological polar surface area (TPSA) is 77.3 Å². The molecule has 7 nitrogen and oxygen atoms in total. The van der Waals surface area contributed by atoms with Crippen LogP contribution in [-0.4, -0.2) is 37.0 Å². The fourth-order valence-electron chi connectivity index (χ4n) is 2.15. The standard InChI is InChI=1S/C16H16N4O3S/c1-19(14-8-10-15(23-2)11-9-14)24(21,22)20-12-16(17-18-20)13-6-4-3-5-7-13/h3-12H,1-2H3. The van der Waals surface area contributed by atoms with Gasteiger partial charge in [-0.15, -0.1) is 9.19 Å². The van der Waals surface area contributed by atoms with Crippen LogP contribution in [0.3, 0.4) is 0 Å². The summed E-state index contributed by atoms with van der Waals surface area (Å²) in [4.78, 5) is 0. The first-order chi connectivity index (χ1) is 11.5. The van der Waals surface area contributed by atoms with E-state index in [2.05, 4.69) is 10.3 Å². The van der Waals surface area contributed by atoms with Crippen molar-refractivity contribution in [2.45, 2.75) is 0 Å². The van der Waals surface area contributed by atoms with Gasteiger partial charge in [0.25, 0.3) is 0 Å². The number of anilines is 1. The second kappa shape index (κ2) is 6.32. The average molecular weight is 344 g/mol. The van der Waals surface area contributed by atoms with Gasteiger partial charge in [0.1, 0.15) is 11.4 Å². The lowest BCUT2D eigenvalue weighted by molar-refractivity contribution is 0.415. The molecule has 0 amide bonds. The van der Waals surface area contributed by atoms with Gasteiger partial charge in [-0.2, -0.15) is 8.42 Å². The summed E-state index contributed by atoms with van der Waals surface area (Å²) in [6.07, 6.45) is 1.39. The Labute approximate surface area is 140 Å². The third-order valence-corrected chi connectivity index (χ3v) is 5.12. The third-order valence-electron chi connectivity index (χ3n) is 3.56. The highest BCUT2D eigenvalue weighted by atomic mass is 32.2. The van der Waals surface area contributed by atoms with Crippen LogP contribution in [-0.2, 0) is 10.2 Å². The number of benzene rings is 2. The molecule has 0 saturated carbocycles. The van der Waals surface area contributed by atoms with Gasteiger partial charge < -0.3 is 4.74 Å². The molecule has 3 rings (SSSR count). The normalized spacial score (nSPS) is 11.2. The molecule has 0 aliphatic heterocycles. The van der Waals surface area contributed by atoms with Crippen molar-refractivity contribution in [2.75, 3.05) is 18.5 Å². The van der Waals surface area contributed by atoms with Gasteiger partial charge in [0, 0.05) is 12.6 Å². The minimum Gasteiger partial charge on any atom is -0.497 e. The van der Waals surface area contributed by atoms with E-state index in [1.807, 2.05) is 30.3 Å². The molecule has 0 bridgehead atoms. The molecular weight excluding hydrogens is 328 g/mol. The van der Waals surface area contributed by atoms with E-state index >= 15 is 0 Å². The van der Waals surface area contributed by atoms with E-state index in [4.69, 9.17) is 4.74 Å². The average Bonchev–Trinajstić information content (AvgIpc) is 3.13. The maximum atomic E-state index is 12.7. The van der Waals surface area contributed by atoms with E-state index in [1.54, 1.807) is 31.4 Å². The molecule has 124 valence electrons. The van der Waals surface area contributed by atoms with Crippen LogP contribution in [0.5, 0.6) is 5.75 Å². The lowest BCUT2D eigenvalue weighted by atomic mass is 10.2. The van der Waals surface area contributed by atoms with E-state index in [0.29, 0.717) is 17.1 Å². The second-order valence-corrected chi connectivity index (χ2v) is 6.83. The smallest absolute Gasteiger partial charge is 0.346 e. The van der Waals surface area contributed by atoms with Gasteiger partial charge in [0.15, 0.2) is 0 Å². The summed E-state index contributed by atoms with van der Waals surface area (Å²) in [6, 6.07) is 16.0. The predicted octanol–water partition coefficient (Wildman–Crippen LogP) is 2.18. The molecular formula is C16H16N4O3S. The van der Waals surface area contributed by atoms with Crippen molar-refractivity contribution in [3.63, 3.8) is 0 Å². The quantitative estimate of drug-likeness (QED) is 0.709. The number of aromatic nitrogens is 3. The van der Waals surface area contributed by atoms with Crippen molar-refractivity contribution in [3.8, 4) is 17.0 Å². The van der Waals surface area contributed by atoms with Gasteiger partial charge in [-0.3, -0.25) is 4.31 Å². The Balaban J connectivity index is 1.91. The summed E-state index contributed by atoms with van der Waals surface area (Å²) in [6.45, 7) is 0. The Morgan fingerprint density at radius 3 is 2.33 bits per heavy atom. The van der Waals surface area contributed by atoms with Crippen molar-refractivity contribution >= 4 is 15.9 Å². The van der Waals surface area contributed by atoms with E-state index < -0.39 is 10.2 Å². The molecule has 0 radical (unpaired) electrons. The summed E-state index contributed by atoms with van der Waals surface area (Å²) in [7, 11) is -0.852. The van der Waals surface area contributed by atoms with Gasteiger partial charge >= 0.3 is 10.2 Å². The van der Waals surface area contributed by atoms with Crippen LogP contribution in [0.15, 0.2) is 60.8 Å². The van der Waals surface area contributed by atoms with Gasteiger partial charge in [-0.25, -0.2) is 0 Å². The zero-order valence-electron chi connectivity index (χ0n) is 13.2. The summed E-state index contributed by atoms with van der Waals surface area (Å²) in [5, 5.41) is 7.70. The van der Waals surface area contributed by atoms with Crippen molar-refractivity contribution in [2.24, 2.45) is 0 Å². The number of nitrogens with zero attached hydrogens (tertiary/aromatic N) is 4. The van der Waals surface area contributed by atoms with Gasteiger partial charge in [0.2, 0.25) is 0 Å². The molecule has 0 spiro atoms. The first kappa shape index (κ1) is 16.0. The SMILES string of the molecule is COc1ccc(N(C)S(=O)(=O)n2cc(-c3ccccc3)nn2)cc1. The van der Waals surface area contributed by atoms with Gasteiger partial charge in [0.05, 0.1) is 19.0 Å². The molecule has 0 N–H and O–H groups in total. The first-order valence-corrected chi connectivity index (χ1v) is 8.53. The van der Waals surface area contributed by atoms with Crippen LogP contribution < -0.4 is 9.04 Å². The molecule has 0 unspecified atom stereocenters. The summed E-state index contributed by atoms with van der Waals surface area (Å²) in [5.74, 6) is 0.650. The Morgan fingerprint density at radius 2 is 1.71 bits per heavy atom. The van der Waals surface area contributed by atoms with Crippen LogP contribution >= 0.6 is 0 Å². The minimum absolute atomic E-state index is 0.488. The van der Waals surface area contributed by atoms with E-state index in [9.17, 15) is 8.42 Å². The van der Waals surface area contributed by atoms with Crippen LogP contribution in [0.1, 0.15) is 0 Å². The number of ether oxygens (including phenoxy) is 1. The number of rotatable bonds is 5. The van der Waals surface area contributed by atoms with Crippen LogP contribution in [0.25, 0.3) is 11.3 Å². The van der Waals surface area contributed by atoms with Crippen LogP contribution in [0.2, 0.25) is 0 Å². The highest BCUT2D eigenvalue weighted by Gasteiger charge is 2.23. The summed E-state index contributed by atoms with van der Waals surface area (Å²) in [5.41, 5.74) is 1.78. The summed E-state index contributed by atoms with van der Waals surface area (Å²) >= 11 is 0. The molecule has 0 aliphatic rings. The number of methoxy groups -OCH3 is 1. The Hall–Kier alpha value is -2.87. The molecule has 2 aromatic carbocycles. The minimum atomic E-state index is -3.86. The number of hydrogen-bond donors (Lipinski definition) is 0. The lowest BCUT2D eigenvalue weighted by Crippen LogP contribution is -2.32. The number of hydrogen-bond acceptors (Lipinski definition) is 5. The largest absolute Gasteiger partial charge is 0.497 e.